The van der Waals surface area contributed by atoms with Crippen molar-refractivity contribution in [2.75, 3.05) is 19.7 Å². The van der Waals surface area contributed by atoms with Crippen LogP contribution in [0.3, 0.4) is 0 Å². The third-order valence-electron chi connectivity index (χ3n) is 6.41. The number of carbonyl (C=O) groups is 2. The molecule has 3 heterocycles. The second-order valence-electron chi connectivity index (χ2n) is 9.06. The molecule has 0 bridgehead atoms. The third-order valence-corrected chi connectivity index (χ3v) is 7.45. The first-order valence-electron chi connectivity index (χ1n) is 12.5. The van der Waals surface area contributed by atoms with Gasteiger partial charge in [0, 0.05) is 36.3 Å². The van der Waals surface area contributed by atoms with E-state index in [1.54, 1.807) is 0 Å². The van der Waals surface area contributed by atoms with Crippen LogP contribution >= 0.6 is 11.8 Å². The molecule has 2 aliphatic heterocycles. The summed E-state index contributed by atoms with van der Waals surface area (Å²) in [5, 5.41) is 5.55. The number of likely N-dealkylation sites (tertiary alicyclic amines) is 1. The second kappa shape index (κ2) is 11.0. The summed E-state index contributed by atoms with van der Waals surface area (Å²) in [6, 6.07) is 17.7. The van der Waals surface area contributed by atoms with Gasteiger partial charge in [0.2, 0.25) is 5.91 Å². The Morgan fingerprint density at radius 1 is 1.16 bits per heavy atom. The predicted octanol–water partition coefficient (Wildman–Crippen LogP) is 4.50. The van der Waals surface area contributed by atoms with Gasteiger partial charge in [-0.3, -0.25) is 9.59 Å². The molecule has 0 spiro atoms. The van der Waals surface area contributed by atoms with Gasteiger partial charge in [0.15, 0.2) is 5.17 Å². The second-order valence-corrected chi connectivity index (χ2v) is 10.1. The number of aromatic nitrogens is 2. The first-order valence-corrected chi connectivity index (χ1v) is 13.3. The van der Waals surface area contributed by atoms with Crippen LogP contribution in [0.4, 0.5) is 0 Å². The van der Waals surface area contributed by atoms with E-state index in [-0.39, 0.29) is 17.7 Å². The maximum Gasteiger partial charge on any atom is 0.286 e. The van der Waals surface area contributed by atoms with Gasteiger partial charge in [-0.05, 0) is 61.4 Å². The molecule has 0 radical (unpaired) electrons. The van der Waals surface area contributed by atoms with E-state index in [2.05, 4.69) is 16.8 Å². The number of amides is 2. The zero-order valence-electron chi connectivity index (χ0n) is 20.7. The molecule has 9 heteroatoms. The summed E-state index contributed by atoms with van der Waals surface area (Å²) in [7, 11) is 0. The van der Waals surface area contributed by atoms with Gasteiger partial charge < -0.3 is 15.4 Å². The van der Waals surface area contributed by atoms with Crippen molar-refractivity contribution < 1.29 is 14.3 Å². The van der Waals surface area contributed by atoms with Crippen molar-refractivity contribution in [3.05, 3.63) is 71.3 Å². The fourth-order valence-electron chi connectivity index (χ4n) is 4.41. The standard InChI is InChI=1S/C28H29N5O3S/c1-2-15-36-23-10-6-7-20(16-23)25-21(18-33(31-25)22-8-4-3-5-9-22)17-24-27(35)30-28(37-24)32-13-11-19(12-14-32)26(29)34/h3-10,16-19H,2,11-15H2,1H3,(H2,29,34)/b24-17-. The van der Waals surface area contributed by atoms with Gasteiger partial charge in [0.1, 0.15) is 11.4 Å². The summed E-state index contributed by atoms with van der Waals surface area (Å²) < 4.78 is 7.66. The average molecular weight is 516 g/mol. The van der Waals surface area contributed by atoms with Crippen LogP contribution in [0.15, 0.2) is 70.7 Å². The molecular formula is C28H29N5O3S. The minimum Gasteiger partial charge on any atom is -0.494 e. The van der Waals surface area contributed by atoms with E-state index in [1.807, 2.05) is 71.6 Å². The summed E-state index contributed by atoms with van der Waals surface area (Å²) in [6.07, 6.45) is 6.06. The van der Waals surface area contributed by atoms with Crippen molar-refractivity contribution in [2.45, 2.75) is 26.2 Å². The molecule has 2 aliphatic rings. The summed E-state index contributed by atoms with van der Waals surface area (Å²) in [6.45, 7) is 4.02. The monoisotopic (exact) mass is 515 g/mol. The Morgan fingerprint density at radius 2 is 1.95 bits per heavy atom. The molecule has 5 rings (SSSR count). The number of hydrogen-bond donors (Lipinski definition) is 1. The maximum atomic E-state index is 12.9. The van der Waals surface area contributed by atoms with E-state index in [4.69, 9.17) is 15.6 Å². The lowest BCUT2D eigenvalue weighted by atomic mass is 9.97. The van der Waals surface area contributed by atoms with Gasteiger partial charge in [0.25, 0.3) is 5.91 Å². The fourth-order valence-corrected chi connectivity index (χ4v) is 5.37. The molecule has 2 aromatic carbocycles. The van der Waals surface area contributed by atoms with E-state index in [9.17, 15) is 9.59 Å². The first-order chi connectivity index (χ1) is 18.0. The summed E-state index contributed by atoms with van der Waals surface area (Å²) in [5.41, 5.74) is 8.86. The van der Waals surface area contributed by atoms with Crippen LogP contribution in [0.25, 0.3) is 23.0 Å². The van der Waals surface area contributed by atoms with E-state index in [0.29, 0.717) is 42.6 Å². The van der Waals surface area contributed by atoms with Crippen molar-refractivity contribution in [3.63, 3.8) is 0 Å². The molecule has 3 aromatic rings. The van der Waals surface area contributed by atoms with Gasteiger partial charge >= 0.3 is 0 Å². The molecule has 0 unspecified atom stereocenters. The summed E-state index contributed by atoms with van der Waals surface area (Å²) >= 11 is 1.36. The van der Waals surface area contributed by atoms with Crippen molar-refractivity contribution in [1.29, 1.82) is 0 Å². The van der Waals surface area contributed by atoms with Gasteiger partial charge in [-0.2, -0.15) is 10.1 Å². The highest BCUT2D eigenvalue weighted by Gasteiger charge is 2.31. The predicted molar refractivity (Wildman–Crippen MR) is 146 cm³/mol. The number of primary amides is 1. The molecule has 2 amide bonds. The van der Waals surface area contributed by atoms with E-state index < -0.39 is 0 Å². The van der Waals surface area contributed by atoms with Crippen LogP contribution in [-0.2, 0) is 9.59 Å². The normalized spacial score (nSPS) is 17.3. The van der Waals surface area contributed by atoms with E-state index >= 15 is 0 Å². The van der Waals surface area contributed by atoms with Crippen molar-refractivity contribution in [3.8, 4) is 22.7 Å². The van der Waals surface area contributed by atoms with Gasteiger partial charge in [-0.15, -0.1) is 0 Å². The van der Waals surface area contributed by atoms with Crippen LogP contribution in [0.1, 0.15) is 31.7 Å². The van der Waals surface area contributed by atoms with Gasteiger partial charge in [0.05, 0.1) is 17.2 Å². The van der Waals surface area contributed by atoms with Crippen LogP contribution < -0.4 is 10.5 Å². The SMILES string of the molecule is CCCOc1cccc(-c2nn(-c3ccccc3)cc2/C=C2\SC(N3CCC(C(N)=O)CC3)=NC2=O)c1. The Kier molecular flexibility index (Phi) is 7.41. The molecule has 0 saturated carbocycles. The number of piperidine rings is 1. The highest BCUT2D eigenvalue weighted by molar-refractivity contribution is 8.18. The number of nitrogens with two attached hydrogens (primary N) is 1. The van der Waals surface area contributed by atoms with E-state index in [1.165, 1.54) is 11.8 Å². The summed E-state index contributed by atoms with van der Waals surface area (Å²) in [5.74, 6) is 0.140. The number of amidine groups is 1. The molecular weight excluding hydrogens is 486 g/mol. The lowest BCUT2D eigenvalue weighted by Crippen LogP contribution is -2.40. The van der Waals surface area contributed by atoms with Crippen LogP contribution in [0.5, 0.6) is 5.75 Å². The maximum absolute atomic E-state index is 12.9. The van der Waals surface area contributed by atoms with E-state index in [0.717, 1.165) is 34.7 Å². The minimum atomic E-state index is -0.268. The third kappa shape index (κ3) is 5.61. The molecule has 1 saturated heterocycles. The number of aliphatic imine (C=N–C) groups is 1. The van der Waals surface area contributed by atoms with Crippen LogP contribution in [0.2, 0.25) is 0 Å². The topological polar surface area (TPSA) is 103 Å². The Morgan fingerprint density at radius 3 is 2.68 bits per heavy atom. The number of nitrogens with zero attached hydrogens (tertiary/aromatic N) is 4. The van der Waals surface area contributed by atoms with Crippen molar-refractivity contribution >= 4 is 34.8 Å². The first kappa shape index (κ1) is 24.8. The molecule has 8 nitrogen and oxygen atoms in total. The number of ether oxygens (including phenoxy) is 1. The van der Waals surface area contributed by atoms with Crippen LogP contribution in [0, 0.1) is 5.92 Å². The highest BCUT2D eigenvalue weighted by Crippen LogP contribution is 2.35. The lowest BCUT2D eigenvalue weighted by molar-refractivity contribution is -0.123. The molecule has 1 fully saturated rings. The molecule has 2 N–H and O–H groups in total. The number of hydrogen-bond acceptors (Lipinski definition) is 6. The lowest BCUT2D eigenvalue weighted by Gasteiger charge is -2.31. The Bertz CT molecular complexity index is 1360. The number of benzene rings is 2. The van der Waals surface area contributed by atoms with Crippen LogP contribution in [-0.4, -0.2) is 51.4 Å². The summed E-state index contributed by atoms with van der Waals surface area (Å²) in [4.78, 5) is 31.3. The zero-order valence-corrected chi connectivity index (χ0v) is 21.5. The fraction of sp³-hybridized carbons (Fsp3) is 0.286. The average Bonchev–Trinajstić information content (AvgIpc) is 3.52. The number of para-hydroxylation sites is 1. The molecule has 190 valence electrons. The quantitative estimate of drug-likeness (QED) is 0.465. The number of rotatable bonds is 7. The Balaban J connectivity index is 1.44. The molecule has 0 atom stereocenters. The number of carbonyl (C=O) groups excluding carboxylic acids is 2. The highest BCUT2D eigenvalue weighted by atomic mass is 32.2. The molecule has 37 heavy (non-hydrogen) atoms. The van der Waals surface area contributed by atoms with Gasteiger partial charge in [-0.1, -0.05) is 37.3 Å². The molecule has 1 aromatic heterocycles. The Hall–Kier alpha value is -3.85. The number of thioether (sulfide) groups is 1. The van der Waals surface area contributed by atoms with Gasteiger partial charge in [-0.25, -0.2) is 4.68 Å². The van der Waals surface area contributed by atoms with Crippen molar-refractivity contribution in [2.24, 2.45) is 16.6 Å². The largest absolute Gasteiger partial charge is 0.494 e. The molecule has 0 aliphatic carbocycles. The van der Waals surface area contributed by atoms with Crippen molar-refractivity contribution in [1.82, 2.24) is 14.7 Å². The minimum absolute atomic E-state index is 0.113. The zero-order chi connectivity index (χ0) is 25.8. The Labute approximate surface area is 220 Å². The smallest absolute Gasteiger partial charge is 0.286 e.